The molecule has 0 aliphatic heterocycles. The predicted molar refractivity (Wildman–Crippen MR) is 81.0 cm³/mol. The number of benzene rings is 1. The van der Waals surface area contributed by atoms with Gasteiger partial charge in [0.25, 0.3) is 0 Å². The van der Waals surface area contributed by atoms with Crippen LogP contribution in [-0.4, -0.2) is 25.6 Å². The van der Waals surface area contributed by atoms with Crippen molar-refractivity contribution in [2.45, 2.75) is 38.6 Å². The quantitative estimate of drug-likeness (QED) is 0.840. The molecule has 0 bridgehead atoms. The molecular weight excluding hydrogens is 252 g/mol. The second kappa shape index (κ2) is 7.29. The van der Waals surface area contributed by atoms with Gasteiger partial charge in [-0.1, -0.05) is 18.9 Å². The van der Waals surface area contributed by atoms with Gasteiger partial charge in [0.15, 0.2) is 0 Å². The van der Waals surface area contributed by atoms with Crippen molar-refractivity contribution < 1.29 is 9.53 Å². The first-order valence-electron chi connectivity index (χ1n) is 7.36. The molecule has 20 heavy (non-hydrogen) atoms. The first kappa shape index (κ1) is 14.9. The van der Waals surface area contributed by atoms with Crippen molar-refractivity contribution in [2.75, 3.05) is 19.0 Å². The van der Waals surface area contributed by atoms with Crippen molar-refractivity contribution >= 4 is 11.6 Å². The van der Waals surface area contributed by atoms with Crippen LogP contribution in [0.15, 0.2) is 24.3 Å². The Morgan fingerprint density at radius 3 is 2.85 bits per heavy atom. The molecule has 1 atom stereocenters. The Morgan fingerprint density at radius 1 is 1.40 bits per heavy atom. The van der Waals surface area contributed by atoms with Crippen LogP contribution in [0.5, 0.6) is 5.75 Å². The zero-order chi connectivity index (χ0) is 14.4. The summed E-state index contributed by atoms with van der Waals surface area (Å²) in [6, 6.07) is 7.81. The number of carbonyl (C=O) groups is 1. The highest BCUT2D eigenvalue weighted by molar-refractivity contribution is 5.92. The van der Waals surface area contributed by atoms with Gasteiger partial charge in [0.1, 0.15) is 5.75 Å². The van der Waals surface area contributed by atoms with Crippen molar-refractivity contribution in [2.24, 2.45) is 5.92 Å². The first-order valence-corrected chi connectivity index (χ1v) is 7.36. The number of anilines is 1. The standard InChI is InChI=1S/C16H24N2O2/c1-12(13-6-3-4-7-13)17-11-16(19)18-14-8-5-9-15(10-14)20-2/h5,8-10,12-13,17H,3-4,6-7,11H2,1-2H3,(H,18,19)/t12-/m0/s1. The molecule has 4 nitrogen and oxygen atoms in total. The molecule has 2 rings (SSSR count). The summed E-state index contributed by atoms with van der Waals surface area (Å²) in [5, 5.41) is 6.21. The number of hydrogen-bond donors (Lipinski definition) is 2. The molecule has 1 aliphatic rings. The van der Waals surface area contributed by atoms with Gasteiger partial charge in [-0.3, -0.25) is 4.79 Å². The first-order chi connectivity index (χ1) is 9.69. The predicted octanol–water partition coefficient (Wildman–Crippen LogP) is 2.80. The van der Waals surface area contributed by atoms with Crippen molar-refractivity contribution in [1.82, 2.24) is 5.32 Å². The van der Waals surface area contributed by atoms with Gasteiger partial charge in [-0.2, -0.15) is 0 Å². The Hall–Kier alpha value is -1.55. The molecule has 0 heterocycles. The zero-order valence-electron chi connectivity index (χ0n) is 12.3. The molecular formula is C16H24N2O2. The van der Waals surface area contributed by atoms with Crippen LogP contribution in [0, 0.1) is 5.92 Å². The summed E-state index contributed by atoms with van der Waals surface area (Å²) >= 11 is 0. The van der Waals surface area contributed by atoms with Crippen LogP contribution in [0.25, 0.3) is 0 Å². The lowest BCUT2D eigenvalue weighted by molar-refractivity contribution is -0.115. The van der Waals surface area contributed by atoms with Crippen LogP contribution in [0.1, 0.15) is 32.6 Å². The Labute approximate surface area is 120 Å². The van der Waals surface area contributed by atoms with Crippen molar-refractivity contribution in [3.05, 3.63) is 24.3 Å². The van der Waals surface area contributed by atoms with Gasteiger partial charge in [0.05, 0.1) is 13.7 Å². The van der Waals surface area contributed by atoms with Crippen molar-refractivity contribution in [3.63, 3.8) is 0 Å². The lowest BCUT2D eigenvalue weighted by Crippen LogP contribution is -2.38. The molecule has 0 saturated heterocycles. The van der Waals surface area contributed by atoms with E-state index in [1.165, 1.54) is 25.7 Å². The smallest absolute Gasteiger partial charge is 0.238 e. The Morgan fingerprint density at radius 2 is 2.15 bits per heavy atom. The minimum Gasteiger partial charge on any atom is -0.497 e. The minimum atomic E-state index is -0.0110. The lowest BCUT2D eigenvalue weighted by atomic mass is 10.00. The van der Waals surface area contributed by atoms with Crippen LogP contribution >= 0.6 is 0 Å². The van der Waals surface area contributed by atoms with Crippen LogP contribution in [0.3, 0.4) is 0 Å². The molecule has 0 aromatic heterocycles. The summed E-state index contributed by atoms with van der Waals surface area (Å²) in [6.07, 6.45) is 5.22. The normalized spacial score (nSPS) is 16.9. The van der Waals surface area contributed by atoms with E-state index in [0.717, 1.165) is 17.4 Å². The fourth-order valence-electron chi connectivity index (χ4n) is 2.78. The minimum absolute atomic E-state index is 0.0110. The maximum Gasteiger partial charge on any atom is 0.238 e. The van der Waals surface area contributed by atoms with Crippen molar-refractivity contribution in [3.8, 4) is 5.75 Å². The van der Waals surface area contributed by atoms with E-state index in [2.05, 4.69) is 17.6 Å². The molecule has 110 valence electrons. The molecule has 1 fully saturated rings. The second-order valence-electron chi connectivity index (χ2n) is 5.49. The summed E-state index contributed by atoms with van der Waals surface area (Å²) in [5.74, 6) is 1.46. The van der Waals surface area contributed by atoms with E-state index in [1.54, 1.807) is 7.11 Å². The topological polar surface area (TPSA) is 50.4 Å². The molecule has 2 N–H and O–H groups in total. The van der Waals surface area contributed by atoms with Crippen LogP contribution in [0.4, 0.5) is 5.69 Å². The SMILES string of the molecule is COc1cccc(NC(=O)CN[C@@H](C)C2CCCC2)c1. The Bertz CT molecular complexity index is 442. The highest BCUT2D eigenvalue weighted by Crippen LogP contribution is 2.27. The largest absolute Gasteiger partial charge is 0.497 e. The number of carbonyl (C=O) groups excluding carboxylic acids is 1. The van der Waals surface area contributed by atoms with Gasteiger partial charge in [0, 0.05) is 17.8 Å². The van der Waals surface area contributed by atoms with E-state index in [-0.39, 0.29) is 5.91 Å². The van der Waals surface area contributed by atoms with Crippen LogP contribution in [-0.2, 0) is 4.79 Å². The maximum absolute atomic E-state index is 11.9. The average molecular weight is 276 g/mol. The van der Waals surface area contributed by atoms with Gasteiger partial charge in [-0.25, -0.2) is 0 Å². The molecule has 1 amide bonds. The van der Waals surface area contributed by atoms with E-state index in [9.17, 15) is 4.79 Å². The van der Waals surface area contributed by atoms with Gasteiger partial charge in [-0.05, 0) is 37.8 Å². The molecule has 1 aliphatic carbocycles. The molecule has 0 unspecified atom stereocenters. The summed E-state index contributed by atoms with van der Waals surface area (Å²) < 4.78 is 5.14. The fourth-order valence-corrected chi connectivity index (χ4v) is 2.78. The molecule has 1 aromatic carbocycles. The van der Waals surface area contributed by atoms with E-state index >= 15 is 0 Å². The Balaban J connectivity index is 1.76. The highest BCUT2D eigenvalue weighted by Gasteiger charge is 2.21. The molecule has 4 heteroatoms. The third-order valence-electron chi connectivity index (χ3n) is 4.05. The number of rotatable bonds is 6. The zero-order valence-corrected chi connectivity index (χ0v) is 12.3. The average Bonchev–Trinajstić information content (AvgIpc) is 2.99. The lowest BCUT2D eigenvalue weighted by Gasteiger charge is -2.20. The molecule has 0 radical (unpaired) electrons. The summed E-state index contributed by atoms with van der Waals surface area (Å²) in [4.78, 5) is 11.9. The second-order valence-corrected chi connectivity index (χ2v) is 5.49. The van der Waals surface area contributed by atoms with E-state index < -0.39 is 0 Å². The maximum atomic E-state index is 11.9. The van der Waals surface area contributed by atoms with Gasteiger partial charge in [0.2, 0.25) is 5.91 Å². The van der Waals surface area contributed by atoms with E-state index in [4.69, 9.17) is 4.74 Å². The van der Waals surface area contributed by atoms with Crippen LogP contribution in [0.2, 0.25) is 0 Å². The summed E-state index contributed by atoms with van der Waals surface area (Å²) in [7, 11) is 1.62. The number of nitrogens with one attached hydrogen (secondary N) is 2. The molecule has 1 aromatic rings. The Kier molecular flexibility index (Phi) is 5.41. The van der Waals surface area contributed by atoms with E-state index in [1.807, 2.05) is 24.3 Å². The summed E-state index contributed by atoms with van der Waals surface area (Å²) in [5.41, 5.74) is 0.768. The third-order valence-corrected chi connectivity index (χ3v) is 4.05. The van der Waals surface area contributed by atoms with Crippen molar-refractivity contribution in [1.29, 1.82) is 0 Å². The molecule has 0 spiro atoms. The highest BCUT2D eigenvalue weighted by atomic mass is 16.5. The fraction of sp³-hybridized carbons (Fsp3) is 0.562. The number of ether oxygens (including phenoxy) is 1. The number of hydrogen-bond acceptors (Lipinski definition) is 3. The third kappa shape index (κ3) is 4.23. The number of amides is 1. The van der Waals surface area contributed by atoms with Crippen LogP contribution < -0.4 is 15.4 Å². The van der Waals surface area contributed by atoms with Gasteiger partial charge in [-0.15, -0.1) is 0 Å². The van der Waals surface area contributed by atoms with E-state index in [0.29, 0.717) is 12.6 Å². The van der Waals surface area contributed by atoms with Gasteiger partial charge >= 0.3 is 0 Å². The summed E-state index contributed by atoms with van der Waals surface area (Å²) in [6.45, 7) is 2.53. The monoisotopic (exact) mass is 276 g/mol. The molecule has 1 saturated carbocycles. The number of methoxy groups -OCH3 is 1. The van der Waals surface area contributed by atoms with Gasteiger partial charge < -0.3 is 15.4 Å².